The molecule has 1 aliphatic heterocycles. The van der Waals surface area contributed by atoms with Gasteiger partial charge in [-0.3, -0.25) is 14.7 Å². The van der Waals surface area contributed by atoms with Gasteiger partial charge in [0.2, 0.25) is 11.7 Å². The van der Waals surface area contributed by atoms with Gasteiger partial charge in [-0.15, -0.1) is 0 Å². The first-order chi connectivity index (χ1) is 10.1. The minimum absolute atomic E-state index is 0.336. The quantitative estimate of drug-likeness (QED) is 0.912. The van der Waals surface area contributed by atoms with E-state index in [2.05, 4.69) is 15.1 Å². The van der Waals surface area contributed by atoms with Crippen LogP contribution in [0.4, 0.5) is 0 Å². The predicted molar refractivity (Wildman–Crippen MR) is 73.2 cm³/mol. The van der Waals surface area contributed by atoms with Gasteiger partial charge in [0.25, 0.3) is 0 Å². The second kappa shape index (κ2) is 5.25. The molecular weight excluding hydrogens is 272 g/mol. The molecule has 0 saturated carbocycles. The van der Waals surface area contributed by atoms with Crippen LogP contribution in [0, 0.1) is 0 Å². The highest BCUT2D eigenvalue weighted by atomic mass is 16.5. The van der Waals surface area contributed by atoms with Crippen LogP contribution in [-0.2, 0) is 11.3 Å². The molecule has 1 aliphatic rings. The van der Waals surface area contributed by atoms with E-state index < -0.39 is 11.5 Å². The molecular formula is C14H16N4O3. The molecule has 1 fully saturated rings. The molecule has 110 valence electrons. The summed E-state index contributed by atoms with van der Waals surface area (Å²) in [6.45, 7) is 2.78. The molecule has 1 unspecified atom stereocenters. The lowest BCUT2D eigenvalue weighted by Crippen LogP contribution is -2.47. The van der Waals surface area contributed by atoms with Crippen molar-refractivity contribution >= 4 is 5.97 Å². The number of aromatic nitrogens is 3. The van der Waals surface area contributed by atoms with Crippen LogP contribution in [0.3, 0.4) is 0 Å². The minimum Gasteiger partial charge on any atom is -0.480 e. The smallest absolute Gasteiger partial charge is 0.323 e. The van der Waals surface area contributed by atoms with Gasteiger partial charge in [0.1, 0.15) is 11.2 Å². The van der Waals surface area contributed by atoms with Gasteiger partial charge in [0.15, 0.2) is 0 Å². The second-order valence-corrected chi connectivity index (χ2v) is 5.33. The van der Waals surface area contributed by atoms with E-state index >= 15 is 0 Å². The van der Waals surface area contributed by atoms with Crippen molar-refractivity contribution in [1.82, 2.24) is 20.0 Å². The molecule has 1 N–H and O–H groups in total. The molecule has 0 spiro atoms. The molecule has 1 saturated heterocycles. The van der Waals surface area contributed by atoms with E-state index in [0.29, 0.717) is 36.9 Å². The third-order valence-electron chi connectivity index (χ3n) is 3.94. The first-order valence-corrected chi connectivity index (χ1v) is 6.82. The van der Waals surface area contributed by atoms with Crippen LogP contribution in [0.15, 0.2) is 28.9 Å². The van der Waals surface area contributed by atoms with E-state index in [1.807, 2.05) is 17.0 Å². The number of hydrogen-bond donors (Lipinski definition) is 1. The number of hydrogen-bond acceptors (Lipinski definition) is 6. The van der Waals surface area contributed by atoms with Gasteiger partial charge >= 0.3 is 5.97 Å². The molecule has 7 nitrogen and oxygen atoms in total. The summed E-state index contributed by atoms with van der Waals surface area (Å²) in [6, 6.07) is 5.46. The average Bonchev–Trinajstić information content (AvgIpc) is 3.09. The van der Waals surface area contributed by atoms with Gasteiger partial charge in [-0.1, -0.05) is 11.2 Å². The molecule has 2 aromatic heterocycles. The molecule has 0 bridgehead atoms. The summed E-state index contributed by atoms with van der Waals surface area (Å²) in [6.07, 6.45) is 3.14. The maximum Gasteiger partial charge on any atom is 0.323 e. The number of likely N-dealkylation sites (tertiary alicyclic amines) is 1. The molecule has 0 aliphatic carbocycles. The fraction of sp³-hybridized carbons (Fsp3) is 0.429. The van der Waals surface area contributed by atoms with E-state index in [1.54, 1.807) is 19.2 Å². The molecule has 0 aromatic carbocycles. The fourth-order valence-corrected chi connectivity index (χ4v) is 2.60. The summed E-state index contributed by atoms with van der Waals surface area (Å²) >= 11 is 0. The lowest BCUT2D eigenvalue weighted by atomic mass is 9.99. The van der Waals surface area contributed by atoms with Crippen molar-refractivity contribution in [3.05, 3.63) is 30.3 Å². The second-order valence-electron chi connectivity index (χ2n) is 5.33. The van der Waals surface area contributed by atoms with Crippen molar-refractivity contribution < 1.29 is 14.4 Å². The number of carboxylic acids is 1. The predicted octanol–water partition coefficient (Wildman–Crippen LogP) is 1.57. The molecule has 3 rings (SSSR count). The standard InChI is InChI=1S/C14H16N4O3/c1-14(13(19)20)6-4-8-18(14)9-11-16-12(17-21-11)10-5-2-3-7-15-10/h2-3,5,7H,4,6,8-9H2,1H3,(H,19,20). The van der Waals surface area contributed by atoms with Crippen molar-refractivity contribution in [2.45, 2.75) is 31.8 Å². The van der Waals surface area contributed by atoms with Crippen LogP contribution in [0.2, 0.25) is 0 Å². The van der Waals surface area contributed by atoms with Gasteiger partial charge in [-0.25, -0.2) is 0 Å². The van der Waals surface area contributed by atoms with Gasteiger partial charge < -0.3 is 9.63 Å². The summed E-state index contributed by atoms with van der Waals surface area (Å²) in [5.41, 5.74) is -0.227. The third kappa shape index (κ3) is 2.52. The zero-order valence-corrected chi connectivity index (χ0v) is 11.7. The van der Waals surface area contributed by atoms with Gasteiger partial charge in [0, 0.05) is 6.20 Å². The number of rotatable bonds is 4. The lowest BCUT2D eigenvalue weighted by molar-refractivity contribution is -0.149. The Kier molecular flexibility index (Phi) is 3.42. The summed E-state index contributed by atoms with van der Waals surface area (Å²) in [5.74, 6) is 0.0105. The van der Waals surface area contributed by atoms with Crippen molar-refractivity contribution in [2.24, 2.45) is 0 Å². The fourth-order valence-electron chi connectivity index (χ4n) is 2.60. The van der Waals surface area contributed by atoms with E-state index in [9.17, 15) is 9.90 Å². The Morgan fingerprint density at radius 2 is 2.38 bits per heavy atom. The Morgan fingerprint density at radius 1 is 1.52 bits per heavy atom. The van der Waals surface area contributed by atoms with Crippen molar-refractivity contribution in [1.29, 1.82) is 0 Å². The number of aliphatic carboxylic acids is 1. The molecule has 1 atom stereocenters. The molecule has 3 heterocycles. The normalized spacial score (nSPS) is 22.5. The summed E-state index contributed by atoms with van der Waals surface area (Å²) in [4.78, 5) is 21.8. The largest absolute Gasteiger partial charge is 0.480 e. The molecule has 0 radical (unpaired) electrons. The van der Waals surface area contributed by atoms with E-state index in [1.165, 1.54) is 0 Å². The maximum absolute atomic E-state index is 11.4. The summed E-state index contributed by atoms with van der Waals surface area (Å²) < 4.78 is 5.22. The zero-order chi connectivity index (χ0) is 14.9. The maximum atomic E-state index is 11.4. The van der Waals surface area contributed by atoms with Crippen molar-refractivity contribution in [3.63, 3.8) is 0 Å². The highest BCUT2D eigenvalue weighted by Crippen LogP contribution is 2.30. The summed E-state index contributed by atoms with van der Waals surface area (Å²) in [5, 5.41) is 13.3. The van der Waals surface area contributed by atoms with Gasteiger partial charge in [-0.2, -0.15) is 4.98 Å². The highest BCUT2D eigenvalue weighted by Gasteiger charge is 2.43. The average molecular weight is 288 g/mol. The van der Waals surface area contributed by atoms with E-state index in [4.69, 9.17) is 4.52 Å². The van der Waals surface area contributed by atoms with Gasteiger partial charge in [0.05, 0.1) is 6.54 Å². The van der Waals surface area contributed by atoms with Crippen LogP contribution in [0.1, 0.15) is 25.7 Å². The third-order valence-corrected chi connectivity index (χ3v) is 3.94. The summed E-state index contributed by atoms with van der Waals surface area (Å²) in [7, 11) is 0. The Morgan fingerprint density at radius 3 is 3.10 bits per heavy atom. The molecule has 0 amide bonds. The Labute approximate surface area is 121 Å². The topological polar surface area (TPSA) is 92.3 Å². The number of carbonyl (C=O) groups is 1. The molecule has 21 heavy (non-hydrogen) atoms. The Hall–Kier alpha value is -2.28. The van der Waals surface area contributed by atoms with E-state index in [0.717, 1.165) is 6.42 Å². The SMILES string of the molecule is CC1(C(=O)O)CCCN1Cc1nc(-c2ccccn2)no1. The molecule has 2 aromatic rings. The monoisotopic (exact) mass is 288 g/mol. The van der Waals surface area contributed by atoms with Crippen LogP contribution >= 0.6 is 0 Å². The van der Waals surface area contributed by atoms with Crippen LogP contribution in [0.25, 0.3) is 11.5 Å². The highest BCUT2D eigenvalue weighted by molar-refractivity contribution is 5.78. The minimum atomic E-state index is -0.861. The molecule has 7 heteroatoms. The van der Waals surface area contributed by atoms with Crippen molar-refractivity contribution in [3.8, 4) is 11.5 Å². The Bertz CT molecular complexity index is 643. The Balaban J connectivity index is 1.77. The lowest BCUT2D eigenvalue weighted by Gasteiger charge is -2.29. The van der Waals surface area contributed by atoms with Crippen LogP contribution in [0.5, 0.6) is 0 Å². The number of carboxylic acid groups (broad SMARTS) is 1. The first kappa shape index (κ1) is 13.7. The van der Waals surface area contributed by atoms with E-state index in [-0.39, 0.29) is 0 Å². The van der Waals surface area contributed by atoms with Crippen LogP contribution < -0.4 is 0 Å². The van der Waals surface area contributed by atoms with Gasteiger partial charge in [-0.05, 0) is 38.4 Å². The number of pyridine rings is 1. The first-order valence-electron chi connectivity index (χ1n) is 6.82. The zero-order valence-electron chi connectivity index (χ0n) is 11.7. The van der Waals surface area contributed by atoms with Crippen molar-refractivity contribution in [2.75, 3.05) is 6.54 Å². The number of nitrogens with zero attached hydrogens (tertiary/aromatic N) is 4. The van der Waals surface area contributed by atoms with Crippen LogP contribution in [-0.4, -0.2) is 43.2 Å².